The van der Waals surface area contributed by atoms with Gasteiger partial charge in [-0.1, -0.05) is 18.2 Å². The second-order valence-corrected chi connectivity index (χ2v) is 13.2. The number of rotatable bonds is 9. The van der Waals surface area contributed by atoms with E-state index in [2.05, 4.69) is 14.9 Å². The van der Waals surface area contributed by atoms with Crippen LogP contribution in [0.15, 0.2) is 71.9 Å². The van der Waals surface area contributed by atoms with Gasteiger partial charge in [0.2, 0.25) is 20.7 Å². The maximum Gasteiger partial charge on any atom is 0.312 e. The minimum Gasteiger partial charge on any atom is -0.484 e. The summed E-state index contributed by atoms with van der Waals surface area (Å²) in [6.45, 7) is 3.22. The van der Waals surface area contributed by atoms with Crippen LogP contribution in [0.5, 0.6) is 11.5 Å². The molecule has 1 aliphatic heterocycles. The molecule has 2 aliphatic carbocycles. The smallest absolute Gasteiger partial charge is 0.312 e. The maximum atomic E-state index is 14.4. The number of nitro groups is 1. The fourth-order valence-electron chi connectivity index (χ4n) is 6.21. The number of carbonyl (C=O) groups is 1. The second-order valence-electron chi connectivity index (χ2n) is 11.1. The summed E-state index contributed by atoms with van der Waals surface area (Å²) in [7, 11) is -4.65. The third-order valence-electron chi connectivity index (χ3n) is 8.49. The number of morpholine rings is 1. The van der Waals surface area contributed by atoms with E-state index in [0.29, 0.717) is 29.9 Å². The zero-order chi connectivity index (χ0) is 30.9. The van der Waals surface area contributed by atoms with Crippen molar-refractivity contribution in [2.45, 2.75) is 47.7 Å². The summed E-state index contributed by atoms with van der Waals surface area (Å²) in [4.78, 5) is 31.0. The van der Waals surface area contributed by atoms with Crippen molar-refractivity contribution >= 4 is 32.5 Å². The highest BCUT2D eigenvalue weighted by molar-refractivity contribution is 7.93. The molecule has 2 unspecified atom stereocenters. The van der Waals surface area contributed by atoms with Crippen molar-refractivity contribution < 1.29 is 32.3 Å². The van der Waals surface area contributed by atoms with Gasteiger partial charge >= 0.3 is 5.69 Å². The number of aromatic nitrogens is 2. The highest BCUT2D eigenvalue weighted by Gasteiger charge is 2.54. The van der Waals surface area contributed by atoms with Crippen LogP contribution in [-0.2, 0) is 19.4 Å². The number of nitrogens with two attached hydrogens (primary N) is 1. The lowest BCUT2D eigenvalue weighted by molar-refractivity contribution is -0.386. The Kier molecular flexibility index (Phi) is 8.14. The molecule has 2 atom stereocenters. The van der Waals surface area contributed by atoms with Crippen LogP contribution in [0, 0.1) is 16.0 Å². The molecule has 6 rings (SSSR count). The van der Waals surface area contributed by atoms with Gasteiger partial charge in [0.15, 0.2) is 5.75 Å². The molecule has 1 saturated heterocycles. The minimum absolute atomic E-state index is 0.0219. The van der Waals surface area contributed by atoms with Crippen molar-refractivity contribution in [1.29, 1.82) is 0 Å². The third kappa shape index (κ3) is 5.55. The highest BCUT2D eigenvalue weighted by Crippen LogP contribution is 2.42. The van der Waals surface area contributed by atoms with E-state index in [4.69, 9.17) is 19.9 Å². The van der Waals surface area contributed by atoms with E-state index < -0.39 is 42.1 Å². The Bertz CT molecular complexity index is 1720. The molecule has 44 heavy (non-hydrogen) atoms. The lowest BCUT2D eigenvalue weighted by Crippen LogP contribution is -2.53. The highest BCUT2D eigenvalue weighted by atomic mass is 32.2. The van der Waals surface area contributed by atoms with Gasteiger partial charge in [0.05, 0.1) is 35.3 Å². The molecule has 0 bridgehead atoms. The van der Waals surface area contributed by atoms with Crippen molar-refractivity contribution in [3.8, 4) is 11.5 Å². The van der Waals surface area contributed by atoms with Crippen molar-refractivity contribution in [2.24, 2.45) is 11.7 Å². The number of primary amides is 1. The van der Waals surface area contributed by atoms with E-state index in [1.807, 2.05) is 0 Å². The van der Waals surface area contributed by atoms with Gasteiger partial charge in [-0.25, -0.2) is 13.4 Å². The van der Waals surface area contributed by atoms with Crippen molar-refractivity contribution in [3.05, 3.63) is 77.1 Å². The molecule has 3 aliphatic rings. The number of ether oxygens (including phenoxy) is 3. The molecule has 14 heteroatoms. The minimum atomic E-state index is -4.65. The quantitative estimate of drug-likeness (QED) is 0.265. The predicted octanol–water partition coefficient (Wildman–Crippen LogP) is 3.27. The fourth-order valence-corrected chi connectivity index (χ4v) is 8.08. The van der Waals surface area contributed by atoms with E-state index in [-0.39, 0.29) is 17.6 Å². The number of nitrogens with one attached hydrogen (secondary N) is 1. The SMILES string of the molecule is NC(=O)C1C=CC=CC1(Oc1cnc2[nH]ccc2c1)S(=O)(=O)c1ccc(OC2CCC(N3CCOCC3)CC2)c([N+](=O)[O-])c1. The monoisotopic (exact) mass is 623 g/mol. The Labute approximate surface area is 253 Å². The number of nitro benzene ring substituents is 1. The molecule has 0 spiro atoms. The van der Waals surface area contributed by atoms with Crippen molar-refractivity contribution in [3.63, 3.8) is 0 Å². The molecule has 3 aromatic rings. The average molecular weight is 624 g/mol. The molecule has 3 heterocycles. The van der Waals surface area contributed by atoms with E-state index >= 15 is 0 Å². The normalized spacial score (nSPS) is 26.0. The number of allylic oxidation sites excluding steroid dienone is 2. The van der Waals surface area contributed by atoms with Gasteiger partial charge < -0.3 is 24.9 Å². The summed E-state index contributed by atoms with van der Waals surface area (Å²) < 4.78 is 46.4. The topological polar surface area (TPSA) is 180 Å². The first-order valence-corrected chi connectivity index (χ1v) is 16.0. The number of benzene rings is 1. The zero-order valence-electron chi connectivity index (χ0n) is 23.8. The number of pyridine rings is 1. The van der Waals surface area contributed by atoms with Crippen LogP contribution >= 0.6 is 0 Å². The van der Waals surface area contributed by atoms with E-state index in [9.17, 15) is 23.3 Å². The first kappa shape index (κ1) is 29.8. The number of fused-ring (bicyclic) bond motifs is 1. The first-order valence-electron chi connectivity index (χ1n) is 14.5. The van der Waals surface area contributed by atoms with Gasteiger partial charge in [0.25, 0.3) is 0 Å². The molecule has 2 fully saturated rings. The summed E-state index contributed by atoms with van der Waals surface area (Å²) in [5.74, 6) is -2.36. The fraction of sp³-hybridized carbons (Fsp3) is 0.400. The van der Waals surface area contributed by atoms with Gasteiger partial charge in [-0.3, -0.25) is 19.8 Å². The van der Waals surface area contributed by atoms with Gasteiger partial charge in [0.1, 0.15) is 17.3 Å². The van der Waals surface area contributed by atoms with Crippen molar-refractivity contribution in [2.75, 3.05) is 26.3 Å². The largest absolute Gasteiger partial charge is 0.484 e. The van der Waals surface area contributed by atoms with E-state index in [0.717, 1.165) is 45.2 Å². The van der Waals surface area contributed by atoms with Gasteiger partial charge in [0, 0.05) is 36.8 Å². The number of aromatic amines is 1. The number of H-pyrrole nitrogens is 1. The first-order chi connectivity index (χ1) is 21.2. The molecular formula is C30H33N5O8S. The van der Waals surface area contributed by atoms with E-state index in [1.165, 1.54) is 42.6 Å². The molecule has 2 aromatic heterocycles. The summed E-state index contributed by atoms with van der Waals surface area (Å²) in [5.41, 5.74) is 5.74. The van der Waals surface area contributed by atoms with Crippen molar-refractivity contribution in [1.82, 2.24) is 14.9 Å². The molecule has 1 saturated carbocycles. The number of nitrogens with zero attached hydrogens (tertiary/aromatic N) is 3. The number of carbonyl (C=O) groups excluding carboxylic acids is 1. The standard InChI is InChI=1S/C30H33N5O8S/c31-28(36)25-3-1-2-11-30(25,43-23-17-20-10-12-32-29(20)33-19-23)44(39,40)24-8-9-27(26(18-24)35(37)38)42-22-6-4-21(5-7-22)34-13-15-41-16-14-34/h1-3,8-12,17-19,21-22,25H,4-7,13-16H2,(H2,31,36)(H,32,33). The van der Waals surface area contributed by atoms with Crippen LogP contribution in [0.2, 0.25) is 0 Å². The zero-order valence-corrected chi connectivity index (χ0v) is 24.6. The second kappa shape index (κ2) is 12.0. The number of hydrogen-bond donors (Lipinski definition) is 2. The molecular weight excluding hydrogens is 590 g/mol. The number of amides is 1. The maximum absolute atomic E-state index is 14.4. The van der Waals surface area contributed by atoms with Crippen LogP contribution in [0.3, 0.4) is 0 Å². The Morgan fingerprint density at radius 2 is 1.91 bits per heavy atom. The Morgan fingerprint density at radius 3 is 2.64 bits per heavy atom. The molecule has 3 N–H and O–H groups in total. The Hall–Kier alpha value is -4.27. The number of sulfone groups is 1. The molecule has 1 aromatic carbocycles. The van der Waals surface area contributed by atoms with Gasteiger partial charge in [-0.15, -0.1) is 0 Å². The molecule has 232 valence electrons. The van der Waals surface area contributed by atoms with Crippen LogP contribution in [0.25, 0.3) is 11.0 Å². The van der Waals surface area contributed by atoms with Crippen LogP contribution < -0.4 is 15.2 Å². The lowest BCUT2D eigenvalue weighted by Gasteiger charge is -2.38. The predicted molar refractivity (Wildman–Crippen MR) is 160 cm³/mol. The Balaban J connectivity index is 1.30. The van der Waals surface area contributed by atoms with Gasteiger partial charge in [-0.05, 0) is 56.0 Å². The number of hydrogen-bond acceptors (Lipinski definition) is 10. The lowest BCUT2D eigenvalue weighted by atomic mass is 9.91. The van der Waals surface area contributed by atoms with Crippen LogP contribution in [0.1, 0.15) is 25.7 Å². The summed E-state index contributed by atoms with van der Waals surface area (Å²) in [6.07, 6.45) is 11.4. The summed E-state index contributed by atoms with van der Waals surface area (Å²) in [5, 5.41) is 12.8. The van der Waals surface area contributed by atoms with E-state index in [1.54, 1.807) is 18.3 Å². The summed E-state index contributed by atoms with van der Waals surface area (Å²) in [6, 6.07) is 7.21. The van der Waals surface area contributed by atoms with Crippen LogP contribution in [-0.4, -0.2) is 77.5 Å². The summed E-state index contributed by atoms with van der Waals surface area (Å²) >= 11 is 0. The average Bonchev–Trinajstić information content (AvgIpc) is 3.50. The molecule has 13 nitrogen and oxygen atoms in total. The van der Waals surface area contributed by atoms with Crippen LogP contribution in [0.4, 0.5) is 5.69 Å². The molecule has 0 radical (unpaired) electrons. The third-order valence-corrected chi connectivity index (χ3v) is 10.7. The Morgan fingerprint density at radius 1 is 1.14 bits per heavy atom. The molecule has 1 amide bonds. The van der Waals surface area contributed by atoms with Gasteiger partial charge in [-0.2, -0.15) is 0 Å².